The number of thioether (sulfide) groups is 1. The third-order valence-corrected chi connectivity index (χ3v) is 3.92. The maximum Gasteiger partial charge on any atom is 0.192 e. The fourth-order valence-electron chi connectivity index (χ4n) is 2.11. The van der Waals surface area contributed by atoms with Crippen LogP contribution >= 0.6 is 11.8 Å². The first-order valence-corrected chi connectivity index (χ1v) is 7.74. The van der Waals surface area contributed by atoms with Gasteiger partial charge < -0.3 is 0 Å². The first-order valence-electron chi connectivity index (χ1n) is 6.76. The van der Waals surface area contributed by atoms with E-state index in [9.17, 15) is 0 Å². The molecule has 0 atom stereocenters. The molecule has 0 aliphatic carbocycles. The average Bonchev–Trinajstić information content (AvgIpc) is 2.97. The molecule has 6 heteroatoms. The topological polar surface area (TPSA) is 67.4 Å². The predicted molar refractivity (Wildman–Crippen MR) is 85.1 cm³/mol. The van der Waals surface area contributed by atoms with Crippen LogP contribution in [-0.4, -0.2) is 25.5 Å². The molecule has 0 bridgehead atoms. The fourth-order valence-corrected chi connectivity index (χ4v) is 2.71. The normalized spacial score (nSPS) is 10.3. The van der Waals surface area contributed by atoms with Crippen LogP contribution in [0.5, 0.6) is 0 Å². The molecule has 0 saturated heterocycles. The summed E-state index contributed by atoms with van der Waals surface area (Å²) in [6.07, 6.45) is 3.50. The van der Waals surface area contributed by atoms with Gasteiger partial charge in [0.1, 0.15) is 0 Å². The molecule has 3 rings (SSSR count). The number of pyridine rings is 1. The van der Waals surface area contributed by atoms with Gasteiger partial charge in [0.2, 0.25) is 0 Å². The Morgan fingerprint density at radius 2 is 1.95 bits per heavy atom. The quantitative estimate of drug-likeness (QED) is 0.678. The standard InChI is InChI=1S/C16H13N5S/c17-8-10-22-16-20-19-15(14-7-4-9-18-11-14)21(16)12-13-5-2-1-3-6-13/h1-7,9,11H,10,12H2. The third kappa shape index (κ3) is 3.15. The van der Waals surface area contributed by atoms with E-state index in [0.29, 0.717) is 12.3 Å². The number of rotatable bonds is 5. The van der Waals surface area contributed by atoms with E-state index >= 15 is 0 Å². The molecule has 2 aromatic heterocycles. The van der Waals surface area contributed by atoms with Crippen LogP contribution in [0.3, 0.4) is 0 Å². The SMILES string of the molecule is N#CCSc1nnc(-c2cccnc2)n1Cc1ccccc1. The zero-order chi connectivity index (χ0) is 15.2. The molecule has 0 radical (unpaired) electrons. The number of nitriles is 1. The lowest BCUT2D eigenvalue weighted by Crippen LogP contribution is -2.04. The number of aromatic nitrogens is 4. The van der Waals surface area contributed by atoms with Crippen LogP contribution in [0.4, 0.5) is 0 Å². The number of hydrogen-bond donors (Lipinski definition) is 0. The van der Waals surface area contributed by atoms with Crippen LogP contribution in [0.1, 0.15) is 5.56 Å². The minimum atomic E-state index is 0.347. The summed E-state index contributed by atoms with van der Waals surface area (Å²) in [5.41, 5.74) is 2.07. The van der Waals surface area contributed by atoms with Crippen LogP contribution in [0, 0.1) is 11.3 Å². The highest BCUT2D eigenvalue weighted by atomic mass is 32.2. The van der Waals surface area contributed by atoms with Crippen LogP contribution in [0.25, 0.3) is 11.4 Å². The molecule has 0 fully saturated rings. The summed E-state index contributed by atoms with van der Waals surface area (Å²) in [5, 5.41) is 18.0. The first-order chi connectivity index (χ1) is 10.9. The minimum Gasteiger partial charge on any atom is -0.297 e. The molecule has 1 aromatic carbocycles. The van der Waals surface area contributed by atoms with E-state index in [2.05, 4.69) is 33.4 Å². The summed E-state index contributed by atoms with van der Waals surface area (Å²) in [4.78, 5) is 4.14. The fraction of sp³-hybridized carbons (Fsp3) is 0.125. The van der Waals surface area contributed by atoms with E-state index in [4.69, 9.17) is 5.26 Å². The lowest BCUT2D eigenvalue weighted by atomic mass is 10.2. The van der Waals surface area contributed by atoms with Crippen molar-refractivity contribution in [1.82, 2.24) is 19.7 Å². The molecular weight excluding hydrogens is 294 g/mol. The van der Waals surface area contributed by atoms with Gasteiger partial charge in [0, 0.05) is 18.0 Å². The van der Waals surface area contributed by atoms with Crippen LogP contribution in [-0.2, 0) is 6.54 Å². The van der Waals surface area contributed by atoms with Gasteiger partial charge in [-0.1, -0.05) is 42.1 Å². The summed E-state index contributed by atoms with van der Waals surface area (Å²) >= 11 is 1.39. The monoisotopic (exact) mass is 307 g/mol. The second-order valence-electron chi connectivity index (χ2n) is 4.57. The van der Waals surface area contributed by atoms with Gasteiger partial charge in [-0.3, -0.25) is 9.55 Å². The molecule has 2 heterocycles. The molecule has 3 aromatic rings. The molecule has 0 amide bonds. The van der Waals surface area contributed by atoms with E-state index in [1.807, 2.05) is 34.9 Å². The lowest BCUT2D eigenvalue weighted by molar-refractivity contribution is 0.715. The van der Waals surface area contributed by atoms with Gasteiger partial charge in [-0.25, -0.2) is 0 Å². The summed E-state index contributed by atoms with van der Waals surface area (Å²) in [7, 11) is 0. The molecule has 0 N–H and O–H groups in total. The molecular formula is C16H13N5S. The Kier molecular flexibility index (Phi) is 4.47. The second kappa shape index (κ2) is 6.87. The Morgan fingerprint density at radius 1 is 1.09 bits per heavy atom. The van der Waals surface area contributed by atoms with Gasteiger partial charge >= 0.3 is 0 Å². The Hall–Kier alpha value is -2.65. The largest absolute Gasteiger partial charge is 0.297 e. The Balaban J connectivity index is 2.00. The Labute approximate surface area is 132 Å². The molecule has 0 spiro atoms. The van der Waals surface area contributed by atoms with Crippen molar-refractivity contribution in [3.8, 4) is 17.5 Å². The smallest absolute Gasteiger partial charge is 0.192 e. The number of nitrogens with zero attached hydrogens (tertiary/aromatic N) is 5. The highest BCUT2D eigenvalue weighted by molar-refractivity contribution is 7.99. The van der Waals surface area contributed by atoms with Crippen molar-refractivity contribution < 1.29 is 0 Å². The summed E-state index contributed by atoms with van der Waals surface area (Å²) < 4.78 is 2.02. The zero-order valence-corrected chi connectivity index (χ0v) is 12.6. The molecule has 5 nitrogen and oxygen atoms in total. The summed E-state index contributed by atoms with van der Waals surface area (Å²) in [6.45, 7) is 0.659. The van der Waals surface area contributed by atoms with Crippen molar-refractivity contribution in [1.29, 1.82) is 5.26 Å². The van der Waals surface area contributed by atoms with Gasteiger partial charge in [-0.05, 0) is 17.7 Å². The van der Waals surface area contributed by atoms with Crippen LogP contribution < -0.4 is 0 Å². The number of benzene rings is 1. The highest BCUT2D eigenvalue weighted by Crippen LogP contribution is 2.24. The third-order valence-electron chi connectivity index (χ3n) is 3.09. The molecule has 0 aliphatic rings. The van der Waals surface area contributed by atoms with Crippen molar-refractivity contribution in [2.24, 2.45) is 0 Å². The molecule has 0 saturated carbocycles. The number of hydrogen-bond acceptors (Lipinski definition) is 5. The minimum absolute atomic E-state index is 0.347. The van der Waals surface area contributed by atoms with Crippen molar-refractivity contribution in [3.63, 3.8) is 0 Å². The van der Waals surface area contributed by atoms with E-state index in [-0.39, 0.29) is 0 Å². The molecule has 108 valence electrons. The van der Waals surface area contributed by atoms with Gasteiger partial charge in [0.05, 0.1) is 18.4 Å². The van der Waals surface area contributed by atoms with Gasteiger partial charge in [0.25, 0.3) is 0 Å². The van der Waals surface area contributed by atoms with Crippen molar-refractivity contribution in [2.75, 3.05) is 5.75 Å². The maximum atomic E-state index is 8.79. The first kappa shape index (κ1) is 14.3. The van der Waals surface area contributed by atoms with Gasteiger partial charge in [-0.15, -0.1) is 10.2 Å². The summed E-state index contributed by atoms with van der Waals surface area (Å²) in [5.74, 6) is 1.11. The van der Waals surface area contributed by atoms with Gasteiger partial charge in [0.15, 0.2) is 11.0 Å². The van der Waals surface area contributed by atoms with Crippen LogP contribution in [0.15, 0.2) is 60.0 Å². The predicted octanol–water partition coefficient (Wildman–Crippen LogP) is 3.00. The van der Waals surface area contributed by atoms with Crippen LogP contribution in [0.2, 0.25) is 0 Å². The van der Waals surface area contributed by atoms with E-state index in [1.165, 1.54) is 11.8 Å². The lowest BCUT2D eigenvalue weighted by Gasteiger charge is -2.09. The highest BCUT2D eigenvalue weighted by Gasteiger charge is 2.14. The van der Waals surface area contributed by atoms with E-state index in [1.54, 1.807) is 12.4 Å². The van der Waals surface area contributed by atoms with Crippen molar-refractivity contribution in [3.05, 3.63) is 60.4 Å². The Bertz CT molecular complexity index is 777. The van der Waals surface area contributed by atoms with Gasteiger partial charge in [-0.2, -0.15) is 5.26 Å². The van der Waals surface area contributed by atoms with E-state index < -0.39 is 0 Å². The zero-order valence-electron chi connectivity index (χ0n) is 11.8. The molecule has 0 aliphatic heterocycles. The molecule has 22 heavy (non-hydrogen) atoms. The average molecular weight is 307 g/mol. The van der Waals surface area contributed by atoms with Crippen molar-refractivity contribution in [2.45, 2.75) is 11.7 Å². The maximum absolute atomic E-state index is 8.79. The second-order valence-corrected chi connectivity index (χ2v) is 5.51. The Morgan fingerprint density at radius 3 is 2.68 bits per heavy atom. The summed E-state index contributed by atoms with van der Waals surface area (Å²) in [6, 6.07) is 16.1. The van der Waals surface area contributed by atoms with Crippen molar-refractivity contribution >= 4 is 11.8 Å². The van der Waals surface area contributed by atoms with E-state index in [0.717, 1.165) is 22.1 Å². The molecule has 0 unspecified atom stereocenters.